The predicted octanol–water partition coefficient (Wildman–Crippen LogP) is 2.27. The molecule has 3 nitrogen and oxygen atoms in total. The number of hydrogen-bond acceptors (Lipinski definition) is 1. The molecule has 0 saturated carbocycles. The lowest BCUT2D eigenvalue weighted by molar-refractivity contribution is -0.113. The Balaban J connectivity index is 1.95. The minimum absolute atomic E-state index is 0.334. The third kappa shape index (κ3) is 1.58. The van der Waals surface area contributed by atoms with E-state index in [-0.39, 0.29) is 5.91 Å². The van der Waals surface area contributed by atoms with Crippen LogP contribution < -0.4 is 0 Å². The molecule has 0 radical (unpaired) electrons. The first-order valence-corrected chi connectivity index (χ1v) is 5.69. The van der Waals surface area contributed by atoms with Gasteiger partial charge in [-0.05, 0) is 12.1 Å². The lowest BCUT2D eigenvalue weighted by Gasteiger charge is -2.38. The topological polar surface area (TPSA) is 25.2 Å². The second-order valence-corrected chi connectivity index (χ2v) is 4.66. The average molecular weight is 250 g/mol. The maximum atomic E-state index is 12.8. The van der Waals surface area contributed by atoms with Crippen LogP contribution in [0.3, 0.4) is 0 Å². The summed E-state index contributed by atoms with van der Waals surface area (Å²) in [7, 11) is 1.77. The van der Waals surface area contributed by atoms with Crippen molar-refractivity contribution < 1.29 is 13.6 Å². The number of carbonyl (C=O) groups excluding carboxylic acids is 1. The van der Waals surface area contributed by atoms with Crippen molar-refractivity contribution in [1.29, 1.82) is 0 Å². The highest BCUT2D eigenvalue weighted by molar-refractivity contribution is 5.99. The number of halogens is 2. The standard InChI is InChI=1S/C13H12F2N2O/c1-16-10-5-3-2-4-9(10)6-11(16)12(18)17-7-13(14,15)8-17/h2-6H,7-8H2,1H3. The third-order valence-corrected chi connectivity index (χ3v) is 3.30. The number of para-hydroxylation sites is 1. The highest BCUT2D eigenvalue weighted by Gasteiger charge is 2.46. The van der Waals surface area contributed by atoms with Crippen molar-refractivity contribution in [2.24, 2.45) is 7.05 Å². The van der Waals surface area contributed by atoms with Crippen molar-refractivity contribution in [2.75, 3.05) is 13.1 Å². The lowest BCUT2D eigenvalue weighted by atomic mass is 10.1. The molecule has 94 valence electrons. The summed E-state index contributed by atoms with van der Waals surface area (Å²) in [5, 5.41) is 0.940. The summed E-state index contributed by atoms with van der Waals surface area (Å²) in [6.07, 6.45) is 0. The smallest absolute Gasteiger partial charge is 0.282 e. The summed E-state index contributed by atoms with van der Waals surface area (Å²) >= 11 is 0. The molecule has 0 aliphatic carbocycles. The molecular formula is C13H12F2N2O. The summed E-state index contributed by atoms with van der Waals surface area (Å²) in [5.74, 6) is -3.06. The Kier molecular flexibility index (Phi) is 2.20. The maximum absolute atomic E-state index is 12.8. The minimum Gasteiger partial charge on any atom is -0.340 e. The minimum atomic E-state index is -2.72. The molecule has 1 aliphatic rings. The molecule has 3 rings (SSSR count). The van der Waals surface area contributed by atoms with Crippen LogP contribution in [0.15, 0.2) is 30.3 Å². The summed E-state index contributed by atoms with van der Waals surface area (Å²) in [6, 6.07) is 9.31. The monoisotopic (exact) mass is 250 g/mol. The largest absolute Gasteiger partial charge is 0.340 e. The zero-order valence-electron chi connectivity index (χ0n) is 9.86. The Labute approximate surface area is 103 Å². The molecule has 1 fully saturated rings. The molecule has 18 heavy (non-hydrogen) atoms. The van der Waals surface area contributed by atoms with Crippen LogP contribution in [0.5, 0.6) is 0 Å². The van der Waals surface area contributed by atoms with Gasteiger partial charge >= 0.3 is 0 Å². The van der Waals surface area contributed by atoms with Gasteiger partial charge in [0.15, 0.2) is 0 Å². The van der Waals surface area contributed by atoms with Crippen molar-refractivity contribution in [1.82, 2.24) is 9.47 Å². The number of amides is 1. The third-order valence-electron chi connectivity index (χ3n) is 3.30. The zero-order chi connectivity index (χ0) is 12.9. The van der Waals surface area contributed by atoms with Gasteiger partial charge < -0.3 is 9.47 Å². The van der Waals surface area contributed by atoms with Crippen molar-refractivity contribution in [3.05, 3.63) is 36.0 Å². The highest BCUT2D eigenvalue weighted by Crippen LogP contribution is 2.29. The Morgan fingerprint density at radius 3 is 2.56 bits per heavy atom. The Hall–Kier alpha value is -1.91. The number of carbonyl (C=O) groups is 1. The normalized spacial score (nSPS) is 17.8. The Bertz CT molecular complexity index is 625. The van der Waals surface area contributed by atoms with Gasteiger partial charge in [-0.3, -0.25) is 4.79 Å². The molecule has 0 bridgehead atoms. The van der Waals surface area contributed by atoms with Crippen molar-refractivity contribution >= 4 is 16.8 Å². The first-order valence-electron chi connectivity index (χ1n) is 5.69. The van der Waals surface area contributed by atoms with Crippen LogP contribution in [0, 0.1) is 0 Å². The quantitative estimate of drug-likeness (QED) is 0.762. The summed E-state index contributed by atoms with van der Waals surface area (Å²) in [6.45, 7) is -0.958. The van der Waals surface area contributed by atoms with E-state index in [0.717, 1.165) is 10.9 Å². The van der Waals surface area contributed by atoms with Crippen LogP contribution in [0.4, 0.5) is 8.78 Å². The summed E-state index contributed by atoms with van der Waals surface area (Å²) in [5.41, 5.74) is 1.37. The number of hydrogen-bond donors (Lipinski definition) is 0. The Morgan fingerprint density at radius 1 is 1.28 bits per heavy atom. The molecule has 1 aromatic carbocycles. The maximum Gasteiger partial charge on any atom is 0.282 e. The fraction of sp³-hybridized carbons (Fsp3) is 0.308. The number of fused-ring (bicyclic) bond motifs is 1. The fourth-order valence-electron chi connectivity index (χ4n) is 2.31. The van der Waals surface area contributed by atoms with E-state index in [9.17, 15) is 13.6 Å². The van der Waals surface area contributed by atoms with Crippen LogP contribution in [0.2, 0.25) is 0 Å². The number of alkyl halides is 2. The first kappa shape index (κ1) is 11.2. The van der Waals surface area contributed by atoms with Gasteiger partial charge in [-0.2, -0.15) is 0 Å². The zero-order valence-corrected chi connectivity index (χ0v) is 9.86. The lowest BCUT2D eigenvalue weighted by Crippen LogP contribution is -2.58. The van der Waals surface area contributed by atoms with Gasteiger partial charge in [0.25, 0.3) is 11.8 Å². The molecular weight excluding hydrogens is 238 g/mol. The van der Waals surface area contributed by atoms with E-state index in [4.69, 9.17) is 0 Å². The first-order chi connectivity index (χ1) is 8.48. The van der Waals surface area contributed by atoms with Gasteiger partial charge in [-0.25, -0.2) is 8.78 Å². The second-order valence-electron chi connectivity index (χ2n) is 4.66. The van der Waals surface area contributed by atoms with E-state index in [1.165, 1.54) is 4.90 Å². The molecule has 1 aromatic heterocycles. The van der Waals surface area contributed by atoms with Crippen molar-refractivity contribution in [2.45, 2.75) is 5.92 Å². The van der Waals surface area contributed by atoms with Gasteiger partial charge in [-0.1, -0.05) is 18.2 Å². The van der Waals surface area contributed by atoms with Crippen LogP contribution in [0.25, 0.3) is 10.9 Å². The molecule has 1 saturated heterocycles. The van der Waals surface area contributed by atoms with Crippen LogP contribution in [-0.2, 0) is 7.05 Å². The molecule has 0 spiro atoms. The number of aromatic nitrogens is 1. The van der Waals surface area contributed by atoms with E-state index in [0.29, 0.717) is 5.69 Å². The van der Waals surface area contributed by atoms with Crippen molar-refractivity contribution in [3.8, 4) is 0 Å². The Morgan fingerprint density at radius 2 is 1.94 bits per heavy atom. The molecule has 2 heterocycles. The predicted molar refractivity (Wildman–Crippen MR) is 63.8 cm³/mol. The highest BCUT2D eigenvalue weighted by atomic mass is 19.3. The number of benzene rings is 1. The fourth-order valence-corrected chi connectivity index (χ4v) is 2.31. The molecule has 1 amide bonds. The molecule has 5 heteroatoms. The van der Waals surface area contributed by atoms with E-state index in [1.54, 1.807) is 17.7 Å². The molecule has 0 unspecified atom stereocenters. The molecule has 0 N–H and O–H groups in total. The van der Waals surface area contributed by atoms with E-state index >= 15 is 0 Å². The number of aryl methyl sites for hydroxylation is 1. The average Bonchev–Trinajstić information content (AvgIpc) is 2.63. The summed E-state index contributed by atoms with van der Waals surface area (Å²) < 4.78 is 27.3. The van der Waals surface area contributed by atoms with Gasteiger partial charge in [-0.15, -0.1) is 0 Å². The van der Waals surface area contributed by atoms with E-state index in [2.05, 4.69) is 0 Å². The van der Waals surface area contributed by atoms with Gasteiger partial charge in [0.05, 0.1) is 13.1 Å². The van der Waals surface area contributed by atoms with Crippen LogP contribution in [0.1, 0.15) is 10.5 Å². The van der Waals surface area contributed by atoms with Crippen LogP contribution in [-0.4, -0.2) is 34.4 Å². The second kappa shape index (κ2) is 3.54. The van der Waals surface area contributed by atoms with E-state index < -0.39 is 19.0 Å². The van der Waals surface area contributed by atoms with Crippen molar-refractivity contribution in [3.63, 3.8) is 0 Å². The van der Waals surface area contributed by atoms with Gasteiger partial charge in [0, 0.05) is 18.0 Å². The number of rotatable bonds is 1. The van der Waals surface area contributed by atoms with Crippen LogP contribution >= 0.6 is 0 Å². The van der Waals surface area contributed by atoms with Gasteiger partial charge in [0.1, 0.15) is 5.69 Å². The summed E-state index contributed by atoms with van der Waals surface area (Å²) in [4.78, 5) is 13.3. The SMILES string of the molecule is Cn1c(C(=O)N2CC(F)(F)C2)cc2ccccc21. The van der Waals surface area contributed by atoms with E-state index in [1.807, 2.05) is 24.3 Å². The number of nitrogens with zero attached hydrogens (tertiary/aromatic N) is 2. The molecule has 2 aromatic rings. The van der Waals surface area contributed by atoms with Gasteiger partial charge in [0.2, 0.25) is 0 Å². The molecule has 1 aliphatic heterocycles. The molecule has 0 atom stereocenters. The number of likely N-dealkylation sites (tertiary alicyclic amines) is 1.